The lowest BCUT2D eigenvalue weighted by Gasteiger charge is -2.07. The molecule has 1 heterocycles. The lowest BCUT2D eigenvalue weighted by atomic mass is 10.2. The van der Waals surface area contributed by atoms with Gasteiger partial charge in [-0.1, -0.05) is 5.16 Å². The van der Waals surface area contributed by atoms with Crippen molar-refractivity contribution in [3.8, 4) is 0 Å². The molecule has 0 aliphatic carbocycles. The predicted octanol–water partition coefficient (Wildman–Crippen LogP) is -1.01. The molecule has 7 heteroatoms. The molecule has 3 N–H and O–H groups in total. The Morgan fingerprint density at radius 2 is 2.50 bits per heavy atom. The fourth-order valence-electron chi connectivity index (χ4n) is 0.895. The van der Waals surface area contributed by atoms with Gasteiger partial charge in [0.15, 0.2) is 5.82 Å². The largest absolute Gasteiger partial charge is 0.481 e. The van der Waals surface area contributed by atoms with E-state index in [1.165, 1.54) is 6.39 Å². The first-order chi connectivity index (χ1) is 6.68. The predicted molar refractivity (Wildman–Crippen MR) is 44.3 cm³/mol. The Labute approximate surface area is 79.7 Å². The summed E-state index contributed by atoms with van der Waals surface area (Å²) in [5.74, 6) is -0.564. The van der Waals surface area contributed by atoms with Crippen LogP contribution < -0.4 is 5.32 Å². The van der Waals surface area contributed by atoms with Crippen LogP contribution in [0.2, 0.25) is 0 Å². The quantitative estimate of drug-likeness (QED) is 0.541. The summed E-state index contributed by atoms with van der Waals surface area (Å²) in [5.41, 5.74) is 0. The van der Waals surface area contributed by atoms with Crippen LogP contribution in [0.5, 0.6) is 0 Å². The average Bonchev–Trinajstić information content (AvgIpc) is 2.55. The molecule has 0 fully saturated rings. The summed E-state index contributed by atoms with van der Waals surface area (Å²) >= 11 is 0. The smallest absolute Gasteiger partial charge is 0.306 e. The van der Waals surface area contributed by atoms with Crippen LogP contribution in [0.15, 0.2) is 10.9 Å². The monoisotopic (exact) mass is 201 g/mol. The molecule has 1 atom stereocenters. The van der Waals surface area contributed by atoms with E-state index in [4.69, 9.17) is 10.2 Å². The molecule has 0 spiro atoms. The molecular formula is C7H11N3O4. The molecular weight excluding hydrogens is 190 g/mol. The van der Waals surface area contributed by atoms with Crippen LogP contribution in [-0.2, 0) is 11.3 Å². The molecule has 0 radical (unpaired) electrons. The lowest BCUT2D eigenvalue weighted by molar-refractivity contribution is -0.139. The first kappa shape index (κ1) is 10.6. The number of aromatic nitrogens is 2. The van der Waals surface area contributed by atoms with Gasteiger partial charge in [-0.25, -0.2) is 0 Å². The molecule has 1 unspecified atom stereocenters. The first-order valence-electron chi connectivity index (χ1n) is 4.04. The van der Waals surface area contributed by atoms with E-state index in [0.717, 1.165) is 0 Å². The van der Waals surface area contributed by atoms with E-state index in [1.807, 2.05) is 0 Å². The summed E-state index contributed by atoms with van der Waals surface area (Å²) in [5, 5.41) is 23.8. The zero-order valence-electron chi connectivity index (χ0n) is 7.38. The van der Waals surface area contributed by atoms with Crippen molar-refractivity contribution in [2.75, 3.05) is 6.54 Å². The second kappa shape index (κ2) is 5.30. The average molecular weight is 201 g/mol. The van der Waals surface area contributed by atoms with Crippen LogP contribution >= 0.6 is 0 Å². The number of carbonyl (C=O) groups is 1. The molecule has 0 bridgehead atoms. The number of nitrogens with zero attached hydrogens (tertiary/aromatic N) is 2. The maximum absolute atomic E-state index is 10.2. The minimum absolute atomic E-state index is 0.181. The standard InChI is InChI=1S/C7H11N3O4/c11-5(1-7(12)13)2-8-3-6-9-4-14-10-6/h4-5,8,11H,1-3H2,(H,12,13). The van der Waals surface area contributed by atoms with Gasteiger partial charge < -0.3 is 20.1 Å². The summed E-state index contributed by atoms with van der Waals surface area (Å²) in [6, 6.07) is 0. The summed E-state index contributed by atoms with van der Waals surface area (Å²) in [7, 11) is 0. The Morgan fingerprint density at radius 1 is 1.71 bits per heavy atom. The van der Waals surface area contributed by atoms with E-state index in [-0.39, 0.29) is 13.0 Å². The molecule has 1 aromatic heterocycles. The van der Waals surface area contributed by atoms with Crippen LogP contribution in [0.1, 0.15) is 12.2 Å². The number of aliphatic hydroxyl groups excluding tert-OH is 1. The maximum atomic E-state index is 10.2. The fraction of sp³-hybridized carbons (Fsp3) is 0.571. The van der Waals surface area contributed by atoms with Gasteiger partial charge in [0.25, 0.3) is 0 Å². The second-order valence-electron chi connectivity index (χ2n) is 2.73. The van der Waals surface area contributed by atoms with Gasteiger partial charge in [-0.3, -0.25) is 4.79 Å². The van der Waals surface area contributed by atoms with Gasteiger partial charge >= 0.3 is 5.97 Å². The van der Waals surface area contributed by atoms with Crippen molar-refractivity contribution < 1.29 is 19.5 Å². The van der Waals surface area contributed by atoms with Gasteiger partial charge in [-0.15, -0.1) is 0 Å². The molecule has 0 aliphatic heterocycles. The molecule has 0 saturated carbocycles. The van der Waals surface area contributed by atoms with E-state index in [0.29, 0.717) is 12.4 Å². The fourth-order valence-corrected chi connectivity index (χ4v) is 0.895. The number of carboxylic acids is 1. The molecule has 1 aromatic rings. The lowest BCUT2D eigenvalue weighted by Crippen LogP contribution is -2.28. The highest BCUT2D eigenvalue weighted by atomic mass is 16.5. The maximum Gasteiger partial charge on any atom is 0.306 e. The number of hydrogen-bond acceptors (Lipinski definition) is 6. The van der Waals surface area contributed by atoms with Crippen molar-refractivity contribution in [1.29, 1.82) is 0 Å². The van der Waals surface area contributed by atoms with E-state index in [9.17, 15) is 4.79 Å². The molecule has 0 aliphatic rings. The number of aliphatic hydroxyl groups is 1. The minimum atomic E-state index is -1.03. The Morgan fingerprint density at radius 3 is 3.07 bits per heavy atom. The van der Waals surface area contributed by atoms with Gasteiger partial charge in [0, 0.05) is 6.54 Å². The van der Waals surface area contributed by atoms with Crippen molar-refractivity contribution in [2.24, 2.45) is 0 Å². The van der Waals surface area contributed by atoms with Crippen molar-refractivity contribution in [3.63, 3.8) is 0 Å². The third kappa shape index (κ3) is 3.97. The normalized spacial score (nSPS) is 12.6. The molecule has 0 amide bonds. The summed E-state index contributed by atoms with van der Waals surface area (Å²) in [4.78, 5) is 13.9. The van der Waals surface area contributed by atoms with E-state index in [2.05, 4.69) is 20.0 Å². The highest BCUT2D eigenvalue weighted by molar-refractivity contribution is 5.67. The van der Waals surface area contributed by atoms with Crippen LogP contribution in [0.25, 0.3) is 0 Å². The zero-order chi connectivity index (χ0) is 10.4. The number of nitrogens with one attached hydrogen (secondary N) is 1. The Hall–Kier alpha value is -1.47. The second-order valence-corrected chi connectivity index (χ2v) is 2.73. The minimum Gasteiger partial charge on any atom is -0.481 e. The van der Waals surface area contributed by atoms with Gasteiger partial charge in [0.1, 0.15) is 0 Å². The van der Waals surface area contributed by atoms with Gasteiger partial charge in [0.2, 0.25) is 6.39 Å². The molecule has 1 rings (SSSR count). The Balaban J connectivity index is 2.12. The van der Waals surface area contributed by atoms with Crippen LogP contribution in [0.4, 0.5) is 0 Å². The van der Waals surface area contributed by atoms with E-state index >= 15 is 0 Å². The molecule has 78 valence electrons. The number of carboxylic acid groups (broad SMARTS) is 1. The van der Waals surface area contributed by atoms with Crippen LogP contribution in [0, 0.1) is 0 Å². The van der Waals surface area contributed by atoms with Gasteiger partial charge in [-0.2, -0.15) is 4.98 Å². The number of hydrogen-bond donors (Lipinski definition) is 3. The summed E-state index contributed by atoms with van der Waals surface area (Å²) < 4.78 is 4.48. The van der Waals surface area contributed by atoms with Crippen molar-refractivity contribution in [3.05, 3.63) is 12.2 Å². The Bertz CT molecular complexity index is 274. The van der Waals surface area contributed by atoms with Crippen LogP contribution in [0.3, 0.4) is 0 Å². The van der Waals surface area contributed by atoms with E-state index < -0.39 is 12.1 Å². The topological polar surface area (TPSA) is 108 Å². The Kier molecular flexibility index (Phi) is 4.02. The van der Waals surface area contributed by atoms with Crippen molar-refractivity contribution in [2.45, 2.75) is 19.1 Å². The SMILES string of the molecule is O=C(O)CC(O)CNCc1ncon1. The zero-order valence-corrected chi connectivity index (χ0v) is 7.38. The third-order valence-corrected chi connectivity index (χ3v) is 1.48. The van der Waals surface area contributed by atoms with Crippen molar-refractivity contribution in [1.82, 2.24) is 15.5 Å². The van der Waals surface area contributed by atoms with Crippen LogP contribution in [-0.4, -0.2) is 39.0 Å². The molecule has 0 saturated heterocycles. The molecule has 14 heavy (non-hydrogen) atoms. The first-order valence-corrected chi connectivity index (χ1v) is 4.04. The third-order valence-electron chi connectivity index (χ3n) is 1.48. The molecule has 0 aromatic carbocycles. The van der Waals surface area contributed by atoms with Gasteiger partial charge in [-0.05, 0) is 0 Å². The highest BCUT2D eigenvalue weighted by Crippen LogP contribution is 1.91. The highest BCUT2D eigenvalue weighted by Gasteiger charge is 2.08. The molecule has 7 nitrogen and oxygen atoms in total. The number of aliphatic carboxylic acids is 1. The number of rotatable bonds is 6. The van der Waals surface area contributed by atoms with Gasteiger partial charge in [0.05, 0.1) is 19.1 Å². The summed E-state index contributed by atoms with van der Waals surface area (Å²) in [6.07, 6.45) is 0.0172. The van der Waals surface area contributed by atoms with Crippen molar-refractivity contribution >= 4 is 5.97 Å². The van der Waals surface area contributed by atoms with E-state index in [1.54, 1.807) is 0 Å². The summed E-state index contributed by atoms with van der Waals surface area (Å²) in [6.45, 7) is 0.522.